The van der Waals surface area contributed by atoms with Gasteiger partial charge in [0.25, 0.3) is 5.91 Å². The van der Waals surface area contributed by atoms with E-state index in [2.05, 4.69) is 15.5 Å². The first-order chi connectivity index (χ1) is 14.6. The summed E-state index contributed by atoms with van der Waals surface area (Å²) in [4.78, 5) is 13.0. The number of carbonyl (C=O) groups is 1. The van der Waals surface area contributed by atoms with Crippen molar-refractivity contribution in [2.75, 3.05) is 33.8 Å². The van der Waals surface area contributed by atoms with Crippen LogP contribution in [0.25, 0.3) is 11.3 Å². The number of ether oxygens (including phenoxy) is 4. The van der Waals surface area contributed by atoms with Crippen LogP contribution in [-0.2, 0) is 6.42 Å². The van der Waals surface area contributed by atoms with E-state index in [9.17, 15) is 4.79 Å². The van der Waals surface area contributed by atoms with Gasteiger partial charge in [-0.2, -0.15) is 5.10 Å². The van der Waals surface area contributed by atoms with Gasteiger partial charge in [0.1, 0.15) is 11.4 Å². The van der Waals surface area contributed by atoms with E-state index < -0.39 is 0 Å². The molecule has 8 nitrogen and oxygen atoms in total. The van der Waals surface area contributed by atoms with Crippen LogP contribution in [0.4, 0.5) is 5.69 Å². The number of hydrogen-bond donors (Lipinski definition) is 2. The van der Waals surface area contributed by atoms with Gasteiger partial charge in [0, 0.05) is 5.56 Å². The van der Waals surface area contributed by atoms with Gasteiger partial charge < -0.3 is 24.3 Å². The average Bonchev–Trinajstić information content (AvgIpc) is 3.20. The summed E-state index contributed by atoms with van der Waals surface area (Å²) in [6, 6.07) is 10.6. The maximum atomic E-state index is 13.0. The molecular weight excluding hydrogens is 386 g/mol. The quantitative estimate of drug-likeness (QED) is 0.583. The van der Waals surface area contributed by atoms with Gasteiger partial charge in [-0.3, -0.25) is 9.89 Å². The number of carbonyl (C=O) groups excluding carboxylic acids is 1. The van der Waals surface area contributed by atoms with Gasteiger partial charge in [-0.25, -0.2) is 0 Å². The van der Waals surface area contributed by atoms with E-state index in [4.69, 9.17) is 18.9 Å². The topological polar surface area (TPSA) is 94.7 Å². The summed E-state index contributed by atoms with van der Waals surface area (Å²) in [5, 5.41) is 10.4. The molecule has 0 aliphatic heterocycles. The third-order valence-electron chi connectivity index (χ3n) is 4.72. The maximum absolute atomic E-state index is 13.0. The fraction of sp³-hybridized carbons (Fsp3) is 0.273. The van der Waals surface area contributed by atoms with Crippen molar-refractivity contribution in [3.63, 3.8) is 0 Å². The number of hydrogen-bond acceptors (Lipinski definition) is 6. The Morgan fingerprint density at radius 1 is 0.967 bits per heavy atom. The van der Waals surface area contributed by atoms with Crippen LogP contribution in [0.1, 0.15) is 23.0 Å². The summed E-state index contributed by atoms with van der Waals surface area (Å²) < 4.78 is 21.6. The number of benzene rings is 2. The van der Waals surface area contributed by atoms with E-state index in [0.717, 1.165) is 5.69 Å². The van der Waals surface area contributed by atoms with E-state index in [-0.39, 0.29) is 5.91 Å². The van der Waals surface area contributed by atoms with Crippen molar-refractivity contribution in [2.24, 2.45) is 0 Å². The highest BCUT2D eigenvalue weighted by atomic mass is 16.5. The van der Waals surface area contributed by atoms with Crippen LogP contribution >= 0.6 is 0 Å². The number of nitrogens with one attached hydrogen (secondary N) is 2. The number of aromatic nitrogens is 2. The summed E-state index contributed by atoms with van der Waals surface area (Å²) >= 11 is 0. The second-order valence-corrected chi connectivity index (χ2v) is 6.35. The highest BCUT2D eigenvalue weighted by molar-refractivity contribution is 6.08. The number of aryl methyl sites for hydroxylation is 1. The number of nitrogens with zero attached hydrogens (tertiary/aromatic N) is 1. The lowest BCUT2D eigenvalue weighted by molar-refractivity contribution is 0.102. The van der Waals surface area contributed by atoms with Gasteiger partial charge in [-0.05, 0) is 30.7 Å². The molecule has 0 spiro atoms. The number of H-pyrrole nitrogens is 1. The largest absolute Gasteiger partial charge is 0.496 e. The molecule has 0 bridgehead atoms. The molecular formula is C22H25N3O5. The zero-order chi connectivity index (χ0) is 21.7. The van der Waals surface area contributed by atoms with Crippen molar-refractivity contribution in [1.82, 2.24) is 10.2 Å². The lowest BCUT2D eigenvalue weighted by Crippen LogP contribution is -2.14. The molecule has 8 heteroatoms. The standard InChI is InChI=1S/C22H25N3O5/c1-6-15-20(23-22(26)14-9-7-8-10-16(14)27-2)19(25-24-15)13-11-17(28-3)21(30-5)18(12-13)29-4/h7-12H,6H2,1-5H3,(H,23,26)(H,24,25). The molecule has 3 aromatic rings. The van der Waals surface area contributed by atoms with Crippen molar-refractivity contribution < 1.29 is 23.7 Å². The third kappa shape index (κ3) is 3.89. The Morgan fingerprint density at radius 3 is 2.17 bits per heavy atom. The number of para-hydroxylation sites is 1. The Bertz CT molecular complexity index is 1020. The minimum Gasteiger partial charge on any atom is -0.496 e. The Labute approximate surface area is 175 Å². The summed E-state index contributed by atoms with van der Waals surface area (Å²) in [6.07, 6.45) is 0.652. The van der Waals surface area contributed by atoms with Crippen LogP contribution in [0.15, 0.2) is 36.4 Å². The molecule has 0 saturated heterocycles. The minimum absolute atomic E-state index is 0.294. The minimum atomic E-state index is -0.294. The first kappa shape index (κ1) is 21.0. The molecule has 1 aromatic heterocycles. The fourth-order valence-corrected chi connectivity index (χ4v) is 3.21. The Kier molecular flexibility index (Phi) is 6.46. The smallest absolute Gasteiger partial charge is 0.259 e. The number of rotatable bonds is 8. The molecule has 0 unspecified atom stereocenters. The molecule has 3 rings (SSSR count). The average molecular weight is 411 g/mol. The maximum Gasteiger partial charge on any atom is 0.259 e. The molecule has 158 valence electrons. The van der Waals surface area contributed by atoms with Gasteiger partial charge in [0.15, 0.2) is 11.5 Å². The van der Waals surface area contributed by atoms with E-state index >= 15 is 0 Å². The SMILES string of the molecule is CCc1[nH]nc(-c2cc(OC)c(OC)c(OC)c2)c1NC(=O)c1ccccc1OC. The molecule has 0 atom stereocenters. The van der Waals surface area contributed by atoms with Crippen LogP contribution in [0.2, 0.25) is 0 Å². The van der Waals surface area contributed by atoms with E-state index in [1.54, 1.807) is 51.7 Å². The summed E-state index contributed by atoms with van der Waals surface area (Å²) in [5.41, 5.74) is 3.08. The lowest BCUT2D eigenvalue weighted by Gasteiger charge is -2.14. The Balaban J connectivity index is 2.07. The number of anilines is 1. The molecule has 0 aliphatic rings. The zero-order valence-electron chi connectivity index (χ0n) is 17.7. The first-order valence-electron chi connectivity index (χ1n) is 9.39. The molecule has 2 N–H and O–H groups in total. The van der Waals surface area contributed by atoms with Crippen molar-refractivity contribution in [1.29, 1.82) is 0 Å². The van der Waals surface area contributed by atoms with Crippen molar-refractivity contribution in [3.05, 3.63) is 47.7 Å². The summed E-state index contributed by atoms with van der Waals surface area (Å²) in [7, 11) is 6.17. The molecule has 2 aromatic carbocycles. The van der Waals surface area contributed by atoms with Crippen LogP contribution in [-0.4, -0.2) is 44.5 Å². The van der Waals surface area contributed by atoms with Crippen LogP contribution < -0.4 is 24.3 Å². The molecule has 30 heavy (non-hydrogen) atoms. The third-order valence-corrected chi connectivity index (χ3v) is 4.72. The van der Waals surface area contributed by atoms with Crippen LogP contribution in [0.3, 0.4) is 0 Å². The Morgan fingerprint density at radius 2 is 1.60 bits per heavy atom. The molecule has 1 amide bonds. The molecule has 0 saturated carbocycles. The normalized spacial score (nSPS) is 10.4. The Hall–Kier alpha value is -3.68. The number of methoxy groups -OCH3 is 4. The molecule has 0 radical (unpaired) electrons. The van der Waals surface area contributed by atoms with Crippen LogP contribution in [0, 0.1) is 0 Å². The van der Waals surface area contributed by atoms with Gasteiger partial charge >= 0.3 is 0 Å². The second kappa shape index (κ2) is 9.21. The summed E-state index contributed by atoms with van der Waals surface area (Å²) in [6.45, 7) is 1.98. The second-order valence-electron chi connectivity index (χ2n) is 6.35. The van der Waals surface area contributed by atoms with Gasteiger partial charge in [-0.15, -0.1) is 0 Å². The van der Waals surface area contributed by atoms with Crippen molar-refractivity contribution in [3.8, 4) is 34.3 Å². The number of aromatic amines is 1. The summed E-state index contributed by atoms with van der Waals surface area (Å²) in [5.74, 6) is 1.67. The molecule has 0 aliphatic carbocycles. The molecule has 0 fully saturated rings. The van der Waals surface area contributed by atoms with E-state index in [1.165, 1.54) is 7.11 Å². The van der Waals surface area contributed by atoms with E-state index in [1.807, 2.05) is 13.0 Å². The van der Waals surface area contributed by atoms with Crippen molar-refractivity contribution >= 4 is 11.6 Å². The highest BCUT2D eigenvalue weighted by Gasteiger charge is 2.22. The van der Waals surface area contributed by atoms with Crippen LogP contribution in [0.5, 0.6) is 23.0 Å². The van der Waals surface area contributed by atoms with Gasteiger partial charge in [-0.1, -0.05) is 19.1 Å². The van der Waals surface area contributed by atoms with Gasteiger partial charge in [0.2, 0.25) is 5.75 Å². The van der Waals surface area contributed by atoms with Crippen molar-refractivity contribution in [2.45, 2.75) is 13.3 Å². The molecule has 1 heterocycles. The fourth-order valence-electron chi connectivity index (χ4n) is 3.21. The highest BCUT2D eigenvalue weighted by Crippen LogP contribution is 2.42. The lowest BCUT2D eigenvalue weighted by atomic mass is 10.1. The predicted octanol–water partition coefficient (Wildman–Crippen LogP) is 3.93. The first-order valence-corrected chi connectivity index (χ1v) is 9.39. The number of amides is 1. The predicted molar refractivity (Wildman–Crippen MR) is 114 cm³/mol. The van der Waals surface area contributed by atoms with Gasteiger partial charge in [0.05, 0.1) is 45.4 Å². The zero-order valence-corrected chi connectivity index (χ0v) is 17.7. The monoisotopic (exact) mass is 411 g/mol. The van der Waals surface area contributed by atoms with E-state index in [0.29, 0.717) is 51.9 Å².